The molecule has 0 spiro atoms. The van der Waals surface area contributed by atoms with Gasteiger partial charge < -0.3 is 14.7 Å². The lowest BCUT2D eigenvalue weighted by Gasteiger charge is -2.33. The summed E-state index contributed by atoms with van der Waals surface area (Å²) in [5.41, 5.74) is 1.04. The van der Waals surface area contributed by atoms with Gasteiger partial charge in [0.15, 0.2) is 17.2 Å². The molecule has 0 bridgehead atoms. The van der Waals surface area contributed by atoms with E-state index in [0.29, 0.717) is 36.2 Å². The van der Waals surface area contributed by atoms with Crippen molar-refractivity contribution in [3.8, 4) is 5.75 Å². The number of hydrogen-bond acceptors (Lipinski definition) is 8. The number of carbonyl (C=O) groups is 2. The maximum atomic E-state index is 13.2. The number of ketones is 1. The third-order valence-electron chi connectivity index (χ3n) is 5.72. The smallest absolute Gasteiger partial charge is 0.305 e. The fraction of sp³-hybridized carbons (Fsp3) is 0.500. The molecule has 178 valence electrons. The second-order valence-electron chi connectivity index (χ2n) is 8.04. The first-order chi connectivity index (χ1) is 15.9. The minimum atomic E-state index is -0.338. The van der Waals surface area contributed by atoms with Crippen LogP contribution in [0.2, 0.25) is 0 Å². The lowest BCUT2D eigenvalue weighted by atomic mass is 9.93. The summed E-state index contributed by atoms with van der Waals surface area (Å²) in [5, 5.41) is 10.9. The Morgan fingerprint density at radius 3 is 2.52 bits per heavy atom. The number of piperidine rings is 1. The van der Waals surface area contributed by atoms with E-state index in [0.717, 1.165) is 31.6 Å². The van der Waals surface area contributed by atoms with E-state index in [1.807, 2.05) is 0 Å². The Labute approximate surface area is 197 Å². The van der Waals surface area contributed by atoms with Gasteiger partial charge in [-0.25, -0.2) is 14.4 Å². The van der Waals surface area contributed by atoms with E-state index in [4.69, 9.17) is 4.74 Å². The molecule has 1 aliphatic heterocycles. The number of halogens is 1. The van der Waals surface area contributed by atoms with Crippen LogP contribution in [-0.4, -0.2) is 52.8 Å². The van der Waals surface area contributed by atoms with Gasteiger partial charge in [0, 0.05) is 38.0 Å². The maximum Gasteiger partial charge on any atom is 0.305 e. The standard InChI is InChI=1S/C24H30FN3O4S/c1-3-32-21(30)6-4-5-19(29)22-23(31)24(33-2)27-20(26-22)15-16-11-13-28(14-12-16)18-9-7-17(25)8-10-18/h7-10,16,31H,3-6,11-15H2,1-2H3. The summed E-state index contributed by atoms with van der Waals surface area (Å²) in [5.74, 6) is -0.178. The number of benzene rings is 1. The molecule has 1 aromatic carbocycles. The average molecular weight is 476 g/mol. The molecular weight excluding hydrogens is 445 g/mol. The van der Waals surface area contributed by atoms with E-state index in [-0.39, 0.29) is 41.9 Å². The number of hydrogen-bond donors (Lipinski definition) is 1. The highest BCUT2D eigenvalue weighted by Crippen LogP contribution is 2.30. The lowest BCUT2D eigenvalue weighted by molar-refractivity contribution is -0.143. The number of anilines is 1. The predicted molar refractivity (Wildman–Crippen MR) is 125 cm³/mol. The fourth-order valence-corrected chi connectivity index (χ4v) is 4.44. The fourth-order valence-electron chi connectivity index (χ4n) is 3.96. The summed E-state index contributed by atoms with van der Waals surface area (Å²) in [4.78, 5) is 35.3. The van der Waals surface area contributed by atoms with Crippen LogP contribution in [0.5, 0.6) is 5.75 Å². The molecule has 1 fully saturated rings. The van der Waals surface area contributed by atoms with E-state index in [9.17, 15) is 19.1 Å². The topological polar surface area (TPSA) is 92.6 Å². The maximum absolute atomic E-state index is 13.2. The normalized spacial score (nSPS) is 14.3. The number of aromatic hydroxyl groups is 1. The van der Waals surface area contributed by atoms with Crippen molar-refractivity contribution in [2.45, 2.75) is 50.5 Å². The second kappa shape index (κ2) is 12.0. The van der Waals surface area contributed by atoms with Crippen LogP contribution in [0.3, 0.4) is 0 Å². The summed E-state index contributed by atoms with van der Waals surface area (Å²) >= 11 is 1.27. The van der Waals surface area contributed by atoms with E-state index in [1.54, 1.807) is 25.3 Å². The van der Waals surface area contributed by atoms with Crippen molar-refractivity contribution in [2.24, 2.45) is 5.92 Å². The molecule has 7 nitrogen and oxygen atoms in total. The minimum Gasteiger partial charge on any atom is -0.503 e. The molecule has 1 aromatic heterocycles. The van der Waals surface area contributed by atoms with Crippen LogP contribution in [0.15, 0.2) is 29.3 Å². The van der Waals surface area contributed by atoms with Gasteiger partial charge in [0.05, 0.1) is 6.61 Å². The first kappa shape index (κ1) is 25.0. The third-order valence-corrected chi connectivity index (χ3v) is 6.39. The van der Waals surface area contributed by atoms with Gasteiger partial charge in [0.25, 0.3) is 0 Å². The van der Waals surface area contributed by atoms with Gasteiger partial charge in [-0.2, -0.15) is 0 Å². The molecule has 33 heavy (non-hydrogen) atoms. The molecule has 0 aliphatic carbocycles. The van der Waals surface area contributed by atoms with Crippen LogP contribution in [0.1, 0.15) is 55.3 Å². The van der Waals surface area contributed by atoms with Crippen molar-refractivity contribution in [3.05, 3.63) is 41.6 Å². The highest BCUT2D eigenvalue weighted by atomic mass is 32.2. The number of nitrogens with zero attached hydrogens (tertiary/aromatic N) is 3. The summed E-state index contributed by atoms with van der Waals surface area (Å²) in [6.45, 7) is 3.75. The number of aromatic nitrogens is 2. The van der Waals surface area contributed by atoms with Crippen LogP contribution >= 0.6 is 11.8 Å². The first-order valence-corrected chi connectivity index (χ1v) is 12.5. The average Bonchev–Trinajstić information content (AvgIpc) is 2.81. The number of ether oxygens (including phenoxy) is 1. The number of Topliss-reactive ketones (excluding diaryl/α,β-unsaturated/α-hetero) is 1. The Kier molecular flexibility index (Phi) is 9.05. The number of carbonyl (C=O) groups excluding carboxylic acids is 2. The van der Waals surface area contributed by atoms with E-state index in [2.05, 4.69) is 14.9 Å². The minimum absolute atomic E-state index is 0.0250. The van der Waals surface area contributed by atoms with Gasteiger partial charge >= 0.3 is 5.97 Å². The zero-order valence-electron chi connectivity index (χ0n) is 19.1. The molecule has 0 amide bonds. The molecule has 0 unspecified atom stereocenters. The van der Waals surface area contributed by atoms with E-state index in [1.165, 1.54) is 23.9 Å². The Hall–Kier alpha value is -2.68. The Morgan fingerprint density at radius 1 is 1.18 bits per heavy atom. The van der Waals surface area contributed by atoms with Crippen molar-refractivity contribution in [1.82, 2.24) is 9.97 Å². The van der Waals surface area contributed by atoms with Crippen LogP contribution in [-0.2, 0) is 16.0 Å². The molecule has 1 saturated heterocycles. The number of thioether (sulfide) groups is 1. The van der Waals surface area contributed by atoms with Crippen molar-refractivity contribution in [3.63, 3.8) is 0 Å². The highest BCUT2D eigenvalue weighted by molar-refractivity contribution is 7.98. The van der Waals surface area contributed by atoms with Gasteiger partial charge in [0.1, 0.15) is 16.7 Å². The SMILES string of the molecule is CCOC(=O)CCCC(=O)c1nc(CC2CCN(c3ccc(F)cc3)CC2)nc(SC)c1O. The van der Waals surface area contributed by atoms with Gasteiger partial charge in [0.2, 0.25) is 0 Å². The first-order valence-electron chi connectivity index (χ1n) is 11.2. The Bertz CT molecular complexity index is 963. The second-order valence-corrected chi connectivity index (χ2v) is 8.83. The number of esters is 1. The van der Waals surface area contributed by atoms with Crippen LogP contribution in [0.4, 0.5) is 10.1 Å². The van der Waals surface area contributed by atoms with Crippen molar-refractivity contribution in [1.29, 1.82) is 0 Å². The molecule has 0 atom stereocenters. The molecular formula is C24H30FN3O4S. The van der Waals surface area contributed by atoms with Crippen molar-refractivity contribution >= 4 is 29.2 Å². The van der Waals surface area contributed by atoms with Crippen molar-refractivity contribution in [2.75, 3.05) is 30.9 Å². The summed E-state index contributed by atoms with van der Waals surface area (Å²) in [6.07, 6.45) is 4.87. The molecule has 3 rings (SSSR count). The summed E-state index contributed by atoms with van der Waals surface area (Å²) in [7, 11) is 0. The molecule has 9 heteroatoms. The van der Waals surface area contributed by atoms with Crippen LogP contribution in [0.25, 0.3) is 0 Å². The Balaban J connectivity index is 1.62. The monoisotopic (exact) mass is 475 g/mol. The largest absolute Gasteiger partial charge is 0.503 e. The van der Waals surface area contributed by atoms with Gasteiger partial charge in [-0.05, 0) is 62.6 Å². The van der Waals surface area contributed by atoms with Gasteiger partial charge in [-0.15, -0.1) is 11.8 Å². The van der Waals surface area contributed by atoms with Crippen LogP contribution < -0.4 is 4.90 Å². The molecule has 0 saturated carbocycles. The molecule has 1 N–H and O–H groups in total. The summed E-state index contributed by atoms with van der Waals surface area (Å²) < 4.78 is 18.1. The quantitative estimate of drug-likeness (QED) is 0.234. The third kappa shape index (κ3) is 6.90. The molecule has 2 aromatic rings. The van der Waals surface area contributed by atoms with Gasteiger partial charge in [-0.1, -0.05) is 0 Å². The molecule has 1 aliphatic rings. The predicted octanol–water partition coefficient (Wildman–Crippen LogP) is 4.42. The van der Waals surface area contributed by atoms with Crippen molar-refractivity contribution < 1.29 is 23.8 Å². The summed E-state index contributed by atoms with van der Waals surface area (Å²) in [6, 6.07) is 6.54. The number of rotatable bonds is 10. The zero-order valence-corrected chi connectivity index (χ0v) is 19.9. The highest BCUT2D eigenvalue weighted by Gasteiger charge is 2.24. The molecule has 2 heterocycles. The van der Waals surface area contributed by atoms with Crippen LogP contribution in [0, 0.1) is 11.7 Å². The lowest BCUT2D eigenvalue weighted by Crippen LogP contribution is -2.34. The Morgan fingerprint density at radius 2 is 1.88 bits per heavy atom. The van der Waals surface area contributed by atoms with E-state index >= 15 is 0 Å². The molecule has 0 radical (unpaired) electrons. The van der Waals surface area contributed by atoms with E-state index < -0.39 is 0 Å². The zero-order chi connectivity index (χ0) is 23.8. The van der Waals surface area contributed by atoms with Gasteiger partial charge in [-0.3, -0.25) is 9.59 Å².